The van der Waals surface area contributed by atoms with Crippen LogP contribution < -0.4 is 10.5 Å². The number of benzene rings is 2. The Labute approximate surface area is 130 Å². The average Bonchev–Trinajstić information content (AvgIpc) is 2.41. The number of nitrogen functional groups attached to an aromatic ring is 1. The van der Waals surface area contributed by atoms with Gasteiger partial charge in [0.25, 0.3) is 10.0 Å². The number of thioether (sulfide) groups is 1. The molecule has 0 saturated heterocycles. The zero-order valence-electron chi connectivity index (χ0n) is 10.6. The van der Waals surface area contributed by atoms with Gasteiger partial charge in [-0.2, -0.15) is 0 Å². The normalized spacial score (nSPS) is 11.3. The number of sulfonamides is 1. The summed E-state index contributed by atoms with van der Waals surface area (Å²) >= 11 is 4.72. The molecule has 2 aromatic carbocycles. The number of para-hydroxylation sites is 1. The van der Waals surface area contributed by atoms with Gasteiger partial charge in [-0.15, -0.1) is 11.8 Å². The van der Waals surface area contributed by atoms with Gasteiger partial charge in [0.2, 0.25) is 0 Å². The van der Waals surface area contributed by atoms with Crippen molar-refractivity contribution in [2.45, 2.75) is 9.79 Å². The highest BCUT2D eigenvalue weighted by atomic mass is 79.9. The Morgan fingerprint density at radius 3 is 2.60 bits per heavy atom. The highest BCUT2D eigenvalue weighted by Gasteiger charge is 2.19. The second kappa shape index (κ2) is 6.07. The predicted octanol–water partition coefficient (Wildman–Crippen LogP) is 3.55. The summed E-state index contributed by atoms with van der Waals surface area (Å²) in [5.74, 6) is 0. The summed E-state index contributed by atoms with van der Waals surface area (Å²) in [5.41, 5.74) is 6.51. The minimum absolute atomic E-state index is 0.0581. The lowest BCUT2D eigenvalue weighted by molar-refractivity contribution is 0.601. The minimum Gasteiger partial charge on any atom is -0.398 e. The molecule has 0 aliphatic rings. The molecule has 2 rings (SSSR count). The first-order valence-electron chi connectivity index (χ1n) is 5.65. The van der Waals surface area contributed by atoms with Crippen molar-refractivity contribution in [3.8, 4) is 0 Å². The first-order valence-corrected chi connectivity index (χ1v) is 9.15. The van der Waals surface area contributed by atoms with E-state index in [-0.39, 0.29) is 10.6 Å². The van der Waals surface area contributed by atoms with Crippen LogP contribution in [0.15, 0.2) is 56.7 Å². The molecule has 0 aliphatic heterocycles. The van der Waals surface area contributed by atoms with Crippen LogP contribution in [0.1, 0.15) is 0 Å². The van der Waals surface area contributed by atoms with E-state index in [2.05, 4.69) is 20.7 Å². The Balaban J connectivity index is 2.43. The Morgan fingerprint density at radius 2 is 1.90 bits per heavy atom. The zero-order valence-corrected chi connectivity index (χ0v) is 13.8. The van der Waals surface area contributed by atoms with Crippen LogP contribution in [0.5, 0.6) is 0 Å². The van der Waals surface area contributed by atoms with Gasteiger partial charge in [-0.05, 0) is 36.6 Å². The van der Waals surface area contributed by atoms with E-state index in [4.69, 9.17) is 5.73 Å². The number of anilines is 2. The van der Waals surface area contributed by atoms with Crippen molar-refractivity contribution in [2.24, 2.45) is 0 Å². The molecular weight excluding hydrogens is 360 g/mol. The van der Waals surface area contributed by atoms with E-state index in [9.17, 15) is 8.42 Å². The molecule has 0 aliphatic carbocycles. The molecule has 0 unspecified atom stereocenters. The molecule has 7 heteroatoms. The van der Waals surface area contributed by atoms with Crippen molar-refractivity contribution in [3.63, 3.8) is 0 Å². The van der Waals surface area contributed by atoms with Crippen LogP contribution in [0, 0.1) is 0 Å². The van der Waals surface area contributed by atoms with Crippen molar-refractivity contribution in [1.82, 2.24) is 0 Å². The maximum atomic E-state index is 12.4. The number of halogens is 1. The topological polar surface area (TPSA) is 72.2 Å². The lowest BCUT2D eigenvalue weighted by Crippen LogP contribution is -2.15. The van der Waals surface area contributed by atoms with Crippen molar-refractivity contribution in [1.29, 1.82) is 0 Å². The quantitative estimate of drug-likeness (QED) is 0.635. The van der Waals surface area contributed by atoms with E-state index in [0.29, 0.717) is 10.2 Å². The van der Waals surface area contributed by atoms with Crippen LogP contribution in [0.4, 0.5) is 11.4 Å². The third-order valence-electron chi connectivity index (χ3n) is 2.62. The molecule has 3 N–H and O–H groups in total. The largest absolute Gasteiger partial charge is 0.398 e. The second-order valence-electron chi connectivity index (χ2n) is 3.99. The molecule has 0 radical (unpaired) electrons. The summed E-state index contributed by atoms with van der Waals surface area (Å²) in [4.78, 5) is 0.910. The summed E-state index contributed by atoms with van der Waals surface area (Å²) in [6.07, 6.45) is 1.89. The van der Waals surface area contributed by atoms with Crippen LogP contribution in [0.25, 0.3) is 0 Å². The third-order valence-corrected chi connectivity index (χ3v) is 5.33. The molecule has 4 nitrogen and oxygen atoms in total. The minimum atomic E-state index is -3.72. The van der Waals surface area contributed by atoms with Crippen LogP contribution in [0.3, 0.4) is 0 Å². The maximum absolute atomic E-state index is 12.4. The van der Waals surface area contributed by atoms with E-state index in [1.807, 2.05) is 18.4 Å². The summed E-state index contributed by atoms with van der Waals surface area (Å²) in [5, 5.41) is 0. The van der Waals surface area contributed by atoms with Crippen LogP contribution in [-0.4, -0.2) is 14.7 Å². The molecule has 106 valence electrons. The molecule has 0 heterocycles. The van der Waals surface area contributed by atoms with Gasteiger partial charge in [0.05, 0.1) is 11.4 Å². The number of hydrogen-bond donors (Lipinski definition) is 2. The van der Waals surface area contributed by atoms with Gasteiger partial charge in [0.1, 0.15) is 4.90 Å². The Morgan fingerprint density at radius 1 is 1.20 bits per heavy atom. The monoisotopic (exact) mass is 372 g/mol. The van der Waals surface area contributed by atoms with E-state index in [0.717, 1.165) is 4.90 Å². The molecule has 0 bridgehead atoms. The van der Waals surface area contributed by atoms with E-state index in [1.165, 1.54) is 17.8 Å². The number of nitrogens with one attached hydrogen (secondary N) is 1. The first-order chi connectivity index (χ1) is 9.44. The van der Waals surface area contributed by atoms with Gasteiger partial charge in [0.15, 0.2) is 0 Å². The smallest absolute Gasteiger partial charge is 0.264 e. The Bertz CT molecular complexity index is 733. The van der Waals surface area contributed by atoms with Gasteiger partial charge in [0, 0.05) is 9.37 Å². The maximum Gasteiger partial charge on any atom is 0.264 e. The van der Waals surface area contributed by atoms with Crippen molar-refractivity contribution in [2.75, 3.05) is 16.7 Å². The summed E-state index contributed by atoms with van der Waals surface area (Å²) in [6, 6.07) is 12.0. The SMILES string of the molecule is CSc1ccccc1NS(=O)(=O)c1cc(Br)ccc1N. The van der Waals surface area contributed by atoms with Crippen molar-refractivity contribution < 1.29 is 8.42 Å². The van der Waals surface area contributed by atoms with Crippen LogP contribution >= 0.6 is 27.7 Å². The highest BCUT2D eigenvalue weighted by molar-refractivity contribution is 9.10. The van der Waals surface area contributed by atoms with Gasteiger partial charge in [-0.3, -0.25) is 4.72 Å². The Kier molecular flexibility index (Phi) is 4.62. The summed E-state index contributed by atoms with van der Waals surface area (Å²) in [7, 11) is -3.72. The number of nitrogens with two attached hydrogens (primary N) is 1. The van der Waals surface area contributed by atoms with Gasteiger partial charge < -0.3 is 5.73 Å². The van der Waals surface area contributed by atoms with Gasteiger partial charge in [-0.25, -0.2) is 8.42 Å². The Hall–Kier alpha value is -1.18. The fourth-order valence-corrected chi connectivity index (χ4v) is 4.04. The zero-order chi connectivity index (χ0) is 14.8. The summed E-state index contributed by atoms with van der Waals surface area (Å²) < 4.78 is 28.1. The summed E-state index contributed by atoms with van der Waals surface area (Å²) in [6.45, 7) is 0. The lowest BCUT2D eigenvalue weighted by atomic mass is 10.3. The van der Waals surface area contributed by atoms with Crippen molar-refractivity contribution >= 4 is 49.1 Å². The first kappa shape index (κ1) is 15.2. The van der Waals surface area contributed by atoms with Crippen LogP contribution in [-0.2, 0) is 10.0 Å². The number of hydrogen-bond acceptors (Lipinski definition) is 4. The van der Waals surface area contributed by atoms with E-state index >= 15 is 0 Å². The standard InChI is InChI=1S/C13H13BrN2O2S2/c1-19-12-5-3-2-4-11(12)16-20(17,18)13-8-9(14)6-7-10(13)15/h2-8,16H,15H2,1H3. The highest BCUT2D eigenvalue weighted by Crippen LogP contribution is 2.29. The van der Waals surface area contributed by atoms with Gasteiger partial charge in [-0.1, -0.05) is 28.1 Å². The second-order valence-corrected chi connectivity index (χ2v) is 7.40. The molecule has 0 aromatic heterocycles. The lowest BCUT2D eigenvalue weighted by Gasteiger charge is -2.12. The molecule has 0 saturated carbocycles. The fraction of sp³-hybridized carbons (Fsp3) is 0.0769. The fourth-order valence-electron chi connectivity index (χ4n) is 1.67. The van der Waals surface area contributed by atoms with E-state index in [1.54, 1.807) is 24.3 Å². The predicted molar refractivity (Wildman–Crippen MR) is 87.6 cm³/mol. The molecule has 2 aromatic rings. The molecule has 0 amide bonds. The van der Waals surface area contributed by atoms with Gasteiger partial charge >= 0.3 is 0 Å². The molecule has 0 spiro atoms. The molecule has 20 heavy (non-hydrogen) atoms. The van der Waals surface area contributed by atoms with E-state index < -0.39 is 10.0 Å². The van der Waals surface area contributed by atoms with Crippen LogP contribution in [0.2, 0.25) is 0 Å². The molecule has 0 fully saturated rings. The number of rotatable bonds is 4. The van der Waals surface area contributed by atoms with Crippen molar-refractivity contribution in [3.05, 3.63) is 46.9 Å². The molecule has 0 atom stereocenters. The third kappa shape index (κ3) is 3.28. The molecular formula is C13H13BrN2O2S2. The average molecular weight is 373 g/mol.